The lowest BCUT2D eigenvalue weighted by Gasteiger charge is -2.32. The van der Waals surface area contributed by atoms with Crippen LogP contribution in [0.15, 0.2) is 121 Å². The standard InChI is InChI=1S/C13H21NO3.C10H19N3O3S.C10H18N2O.C9H15N3O2.C9H16N2O3S.C9H16N2O2.C9H16N2O.C8H14N2O.C8H13NO.C7H12N2O/c1-12(2,3)17-11(16)9-13(7-8-13)6-5-10(15)14-4;1-11-10(14)4-3-5-12-6-8-13(9-7-12)17(2,15)16;1-11-10(13)6-5-9-12-7-3-2-4-8-12;1-10-8(13)3-2-5-12-6-4-11-9(14)7-12;1-10-9(12)3-2-4-11-5-7-15(13,14)8-6-11;1-10-9(13)3-2-5-11-6-4-8(12)7-11;1-10-9(12)5-4-8-11-6-2-3-7-11;1-9-8(11)7-4-3-5-10(2)6-7;1-9-8(10)7-5-3-2-4-6-7;1-9-6(10)2-3-7(8)4-5-7/h5-6H,7-9H2,1-4H3,(H,14,15);3-4H,5-9H2,1-2H3,(H,11,14);5-6H,2-4,7-9H2,1H3,(H,11,13);2-3H,4-7H2,1H3,(H,10,13)(H,11,14);2-3H,4-8H2,1H3,(H,10,12);2-3,8,12H,4-7H2,1H3,(H,10,13);4-5H,2-3,6-8H2,1H3,(H,10,12);4H,3,5-6H2,1-2H3,(H,9,11);5H,2-4,6H2,1H3,(H,9,10);2-3H,4-5,8H2,1H3,(H,9,10)/b6-5+;4-3+;6-5+;3*3-2+;5-4+;;;3-2+. The molecular formula is C92H160N20O18S2. The summed E-state index contributed by atoms with van der Waals surface area (Å²) in [7, 11) is 12.3. The number of amides is 11. The van der Waals surface area contributed by atoms with Gasteiger partial charge in [-0.15, -0.1) is 0 Å². The van der Waals surface area contributed by atoms with Crippen molar-refractivity contribution in [3.63, 3.8) is 0 Å². The van der Waals surface area contributed by atoms with Crippen LogP contribution in [0.25, 0.3) is 0 Å². The average Bonchev–Trinajstić information content (AvgIpc) is 1.65. The fourth-order valence-electron chi connectivity index (χ4n) is 13.1. The molecule has 3 aliphatic carbocycles. The van der Waals surface area contributed by atoms with E-state index in [1.165, 1.54) is 118 Å². The van der Waals surface area contributed by atoms with Gasteiger partial charge in [0.1, 0.15) is 5.60 Å². The molecule has 11 amide bonds. The number of aliphatic hydroxyl groups is 1. The lowest BCUT2D eigenvalue weighted by atomic mass is 9.99. The Hall–Kier alpha value is -9.46. The van der Waals surface area contributed by atoms with Gasteiger partial charge in [-0.05, 0) is 155 Å². The summed E-state index contributed by atoms with van der Waals surface area (Å²) in [6.07, 6.45) is 48.9. The third-order valence-electron chi connectivity index (χ3n) is 21.5. The Morgan fingerprint density at radius 3 is 1.22 bits per heavy atom. The van der Waals surface area contributed by atoms with Crippen molar-refractivity contribution in [1.29, 1.82) is 0 Å². The molecule has 0 aromatic rings. The van der Waals surface area contributed by atoms with E-state index in [0.717, 1.165) is 115 Å². The van der Waals surface area contributed by atoms with Gasteiger partial charge in [0.25, 0.3) is 0 Å². The number of likely N-dealkylation sites (tertiary alicyclic amines) is 3. The number of hydrogen-bond donors (Lipinski definition) is 13. The Morgan fingerprint density at radius 1 is 0.470 bits per heavy atom. The molecule has 8 fully saturated rings. The van der Waals surface area contributed by atoms with Crippen LogP contribution in [0.1, 0.15) is 124 Å². The summed E-state index contributed by atoms with van der Waals surface area (Å²) in [5, 5.41) is 37.3. The summed E-state index contributed by atoms with van der Waals surface area (Å²) in [4.78, 5) is 147. The van der Waals surface area contributed by atoms with Crippen LogP contribution in [0.4, 0.5) is 0 Å². The van der Waals surface area contributed by atoms with E-state index in [9.17, 15) is 79.5 Å². The summed E-state index contributed by atoms with van der Waals surface area (Å²) in [6, 6.07) is 0. The fraction of sp³-hybridized carbons (Fsp3) is 0.652. The molecule has 1 unspecified atom stereocenters. The van der Waals surface area contributed by atoms with E-state index < -0.39 is 25.5 Å². The van der Waals surface area contributed by atoms with Crippen LogP contribution in [0, 0.1) is 5.41 Å². The van der Waals surface area contributed by atoms with E-state index in [0.29, 0.717) is 78.4 Å². The first-order chi connectivity index (χ1) is 62.6. The smallest absolute Gasteiger partial charge is 0.307 e. The molecule has 0 radical (unpaired) electrons. The number of sulfonamides is 1. The topological polar surface area (TPSA) is 487 Å². The number of carbonyl (C=O) groups is 12. The third kappa shape index (κ3) is 62.1. The SMILES string of the molecule is CNC(=O)/C=C/C1(CC(=O)OC(C)(C)C)CC1.CNC(=O)/C=C/C1(N)CC1.CNC(=O)/C=C/CN1CCC(O)C1.CNC(=O)/C=C/CN1CCCC1.CNC(=O)/C=C/CN1CCCCC1.CNC(=O)/C=C/CN1CCN(S(C)(=O)=O)CC1.CNC(=O)/C=C/CN1CCNC(=O)C1.CNC(=O)/C=C/CN1CCS(=O)(=O)CC1.CNC(=O)C1=CCCCC1.CNC(=O)C1=CCCN(C)C1. The predicted octanol–water partition coefficient (Wildman–Crippen LogP) is -0.0731. The van der Waals surface area contributed by atoms with Gasteiger partial charge < -0.3 is 79.0 Å². The van der Waals surface area contributed by atoms with E-state index >= 15 is 0 Å². The number of rotatable bonds is 27. The van der Waals surface area contributed by atoms with Gasteiger partial charge in [-0.2, -0.15) is 4.31 Å². The molecule has 7 aliphatic heterocycles. The largest absolute Gasteiger partial charge is 0.460 e. The van der Waals surface area contributed by atoms with Crippen LogP contribution >= 0.6 is 0 Å². The third-order valence-corrected chi connectivity index (χ3v) is 24.4. The number of hydrogen-bond acceptors (Lipinski definition) is 26. The van der Waals surface area contributed by atoms with E-state index in [-0.39, 0.29) is 99.5 Å². The van der Waals surface area contributed by atoms with Crippen molar-refractivity contribution in [3.05, 3.63) is 121 Å². The minimum atomic E-state index is -3.06. The minimum absolute atomic E-state index is 0.0167. The van der Waals surface area contributed by atoms with Crippen molar-refractivity contribution >= 4 is 90.8 Å². The van der Waals surface area contributed by atoms with E-state index in [4.69, 9.17) is 10.5 Å². The van der Waals surface area contributed by atoms with Gasteiger partial charge in [0.15, 0.2) is 9.84 Å². The number of allylic oxidation sites excluding steroid dienone is 2. The van der Waals surface area contributed by atoms with Crippen molar-refractivity contribution in [1.82, 2.24) is 97.1 Å². The summed E-state index contributed by atoms with van der Waals surface area (Å²) in [6.45, 7) is 23.7. The molecule has 1 atom stereocenters. The van der Waals surface area contributed by atoms with Crippen molar-refractivity contribution in [2.24, 2.45) is 11.1 Å². The highest BCUT2D eigenvalue weighted by Crippen LogP contribution is 2.50. The number of aliphatic hydroxyl groups excluding tert-OH is 1. The van der Waals surface area contributed by atoms with Crippen molar-refractivity contribution in [3.8, 4) is 0 Å². The van der Waals surface area contributed by atoms with Gasteiger partial charge in [0, 0.05) is 247 Å². The van der Waals surface area contributed by atoms with E-state index in [1.54, 1.807) is 107 Å². The second-order valence-electron chi connectivity index (χ2n) is 33.8. The number of nitrogens with one attached hydrogen (secondary N) is 11. The Kier molecular flexibility index (Phi) is 62.6. The van der Waals surface area contributed by atoms with Gasteiger partial charge in [0.2, 0.25) is 75.0 Å². The van der Waals surface area contributed by atoms with Crippen LogP contribution < -0.4 is 64.2 Å². The molecular weight excluding hydrogens is 1740 g/mol. The predicted molar refractivity (Wildman–Crippen MR) is 519 cm³/mol. The molecule has 0 aromatic heterocycles. The van der Waals surface area contributed by atoms with E-state index in [1.807, 2.05) is 74.1 Å². The summed E-state index contributed by atoms with van der Waals surface area (Å²) in [5.41, 5.74) is 6.79. The first-order valence-corrected chi connectivity index (χ1v) is 49.3. The van der Waals surface area contributed by atoms with E-state index in [2.05, 4.69) is 83.0 Å². The van der Waals surface area contributed by atoms with Gasteiger partial charge in [0.05, 0.1) is 36.8 Å². The van der Waals surface area contributed by atoms with Crippen LogP contribution in [-0.4, -0.2) is 395 Å². The number of likely N-dealkylation sites (N-methyl/N-ethyl adjacent to an activating group) is 11. The number of nitrogens with zero attached hydrogens (tertiary/aromatic N) is 8. The molecule has 0 bridgehead atoms. The number of ether oxygens (including phenoxy) is 1. The number of sulfone groups is 1. The van der Waals surface area contributed by atoms with Gasteiger partial charge >= 0.3 is 5.97 Å². The molecule has 132 heavy (non-hydrogen) atoms. The lowest BCUT2D eigenvalue weighted by molar-refractivity contribution is -0.156. The zero-order chi connectivity index (χ0) is 99.0. The second kappa shape index (κ2) is 68.5. The molecule has 2 saturated carbocycles. The van der Waals surface area contributed by atoms with Crippen molar-refractivity contribution in [2.45, 2.75) is 141 Å². The molecule has 10 rings (SSSR count). The first-order valence-electron chi connectivity index (χ1n) is 45.6. The number of nitrogens with two attached hydrogens (primary N) is 1. The number of carbonyl (C=O) groups excluding carboxylic acids is 12. The van der Waals surface area contributed by atoms with Gasteiger partial charge in [-0.1, -0.05) is 67.2 Å². The molecule has 0 aromatic carbocycles. The number of piperidine rings is 1. The Morgan fingerprint density at radius 2 is 0.856 bits per heavy atom. The Bertz CT molecular complexity index is 4030. The highest BCUT2D eigenvalue weighted by Gasteiger charge is 2.43. The molecule has 38 nitrogen and oxygen atoms in total. The summed E-state index contributed by atoms with van der Waals surface area (Å²) < 4.78 is 51.5. The quantitative estimate of drug-likeness (QED) is 0.0378. The van der Waals surface area contributed by atoms with Gasteiger partial charge in [-0.3, -0.25) is 86.9 Å². The normalized spacial score (nSPS) is 19.7. The maximum Gasteiger partial charge on any atom is 0.307 e. The number of esters is 1. The maximum absolute atomic E-state index is 11.7. The average molecular weight is 1900 g/mol. The Labute approximate surface area is 786 Å². The molecule has 6 saturated heterocycles. The van der Waals surface area contributed by atoms with Crippen molar-refractivity contribution < 1.29 is 84.2 Å². The van der Waals surface area contributed by atoms with Crippen LogP contribution in [0.2, 0.25) is 0 Å². The molecule has 7 heterocycles. The van der Waals surface area contributed by atoms with Crippen LogP contribution in [0.5, 0.6) is 0 Å². The molecule has 10 aliphatic rings. The molecule has 748 valence electrons. The zero-order valence-corrected chi connectivity index (χ0v) is 83.0. The molecule has 40 heteroatoms. The first kappa shape index (κ1) is 121. The van der Waals surface area contributed by atoms with Gasteiger partial charge in [-0.25, -0.2) is 16.8 Å². The fourth-order valence-corrected chi connectivity index (χ4v) is 15.2. The Balaban J connectivity index is 0.000000736. The zero-order valence-electron chi connectivity index (χ0n) is 81.3. The monoisotopic (exact) mass is 1900 g/mol. The second-order valence-corrected chi connectivity index (χ2v) is 38.1. The molecule has 14 N–H and O–H groups in total. The minimum Gasteiger partial charge on any atom is -0.460 e. The summed E-state index contributed by atoms with van der Waals surface area (Å²) in [5.74, 6) is -0.284. The lowest BCUT2D eigenvalue weighted by Crippen LogP contribution is -2.48. The highest BCUT2D eigenvalue weighted by molar-refractivity contribution is 7.91. The summed E-state index contributed by atoms with van der Waals surface area (Å²) >= 11 is 0. The van der Waals surface area contributed by atoms with Crippen LogP contribution in [-0.2, 0) is 82.1 Å². The number of β-amino-alcohol motifs (C(OH)–C–C–N with tert-alkyl or cyclic N) is 1. The van der Waals surface area contributed by atoms with Crippen molar-refractivity contribution in [2.75, 3.05) is 246 Å². The maximum atomic E-state index is 11.7. The number of piperazine rings is 2. The molecule has 0 spiro atoms. The van der Waals surface area contributed by atoms with Crippen LogP contribution in [0.3, 0.4) is 0 Å². The highest BCUT2D eigenvalue weighted by atomic mass is 32.2.